The molecule has 0 fully saturated rings. The number of nitrogens with one attached hydrogen (secondary N) is 1. The first-order valence-electron chi connectivity index (χ1n) is 3.37. The Morgan fingerprint density at radius 2 is 2.60 bits per heavy atom. The zero-order valence-electron chi connectivity index (χ0n) is 5.96. The molecule has 0 unspecified atom stereocenters. The molecule has 0 saturated heterocycles. The Hall–Kier alpha value is -1.12. The summed E-state index contributed by atoms with van der Waals surface area (Å²) in [7, 11) is 0. The second-order valence-corrected chi connectivity index (χ2v) is 1.97. The lowest BCUT2D eigenvalue weighted by Crippen LogP contribution is -2.01. The molecule has 0 saturated carbocycles. The van der Waals surface area contributed by atoms with Gasteiger partial charge in [-0.1, -0.05) is 6.92 Å². The van der Waals surface area contributed by atoms with Crippen LogP contribution >= 0.6 is 0 Å². The standard InChI is InChI=1S/C7H10N3/c1-2-5-8-7-4-3-6-9-10-7/h3-4H,2,5H2,1H3,(H,8,10). The summed E-state index contributed by atoms with van der Waals surface area (Å²) in [4.78, 5) is 0. The van der Waals surface area contributed by atoms with E-state index in [4.69, 9.17) is 0 Å². The Balaban J connectivity index is 2.43. The van der Waals surface area contributed by atoms with Gasteiger partial charge >= 0.3 is 0 Å². The van der Waals surface area contributed by atoms with Crippen molar-refractivity contribution in [2.75, 3.05) is 11.9 Å². The predicted molar refractivity (Wildman–Crippen MR) is 39.6 cm³/mol. The van der Waals surface area contributed by atoms with Crippen molar-refractivity contribution < 1.29 is 0 Å². The van der Waals surface area contributed by atoms with E-state index in [-0.39, 0.29) is 0 Å². The van der Waals surface area contributed by atoms with E-state index in [1.54, 1.807) is 6.07 Å². The molecular weight excluding hydrogens is 126 g/mol. The van der Waals surface area contributed by atoms with Crippen LogP contribution in [0.3, 0.4) is 0 Å². The smallest absolute Gasteiger partial charge is 0.148 e. The molecule has 0 aliphatic heterocycles. The van der Waals surface area contributed by atoms with Crippen LogP contribution in [-0.2, 0) is 0 Å². The van der Waals surface area contributed by atoms with Gasteiger partial charge in [-0.3, -0.25) is 0 Å². The summed E-state index contributed by atoms with van der Waals surface area (Å²) in [6.07, 6.45) is 3.71. The molecule has 0 spiro atoms. The third-order valence-electron chi connectivity index (χ3n) is 1.09. The van der Waals surface area contributed by atoms with E-state index in [1.807, 2.05) is 6.07 Å². The fraction of sp³-hybridized carbons (Fsp3) is 0.429. The summed E-state index contributed by atoms with van der Waals surface area (Å²) in [5.74, 6) is 0.820. The summed E-state index contributed by atoms with van der Waals surface area (Å²) in [6, 6.07) is 3.59. The first-order chi connectivity index (χ1) is 4.93. The molecule has 1 N–H and O–H groups in total. The van der Waals surface area contributed by atoms with Crippen LogP contribution in [-0.4, -0.2) is 16.7 Å². The molecule has 53 valence electrons. The number of anilines is 1. The number of rotatable bonds is 3. The van der Waals surface area contributed by atoms with Gasteiger partial charge in [0, 0.05) is 6.54 Å². The van der Waals surface area contributed by atoms with Crippen molar-refractivity contribution in [3.63, 3.8) is 0 Å². The van der Waals surface area contributed by atoms with Gasteiger partial charge in [0.2, 0.25) is 0 Å². The topological polar surface area (TPSA) is 37.8 Å². The van der Waals surface area contributed by atoms with Crippen LogP contribution in [0.15, 0.2) is 12.1 Å². The Morgan fingerprint density at radius 1 is 1.70 bits per heavy atom. The first kappa shape index (κ1) is 6.99. The highest BCUT2D eigenvalue weighted by Gasteiger charge is 1.87. The predicted octanol–water partition coefficient (Wildman–Crippen LogP) is 1.10. The highest BCUT2D eigenvalue weighted by molar-refractivity contribution is 5.30. The minimum absolute atomic E-state index is 0.820. The molecule has 10 heavy (non-hydrogen) atoms. The van der Waals surface area contributed by atoms with Gasteiger partial charge < -0.3 is 5.32 Å². The molecular formula is C7H10N3. The lowest BCUT2D eigenvalue weighted by Gasteiger charge is -1.99. The maximum absolute atomic E-state index is 3.80. The minimum atomic E-state index is 0.820. The van der Waals surface area contributed by atoms with Crippen molar-refractivity contribution in [1.82, 2.24) is 10.2 Å². The number of nitrogens with zero attached hydrogens (tertiary/aromatic N) is 2. The van der Waals surface area contributed by atoms with E-state index in [0.29, 0.717) is 0 Å². The maximum Gasteiger partial charge on any atom is 0.148 e. The SMILES string of the molecule is CCCNc1cc[c]nn1. The molecule has 1 radical (unpaired) electrons. The molecule has 1 heterocycles. The second kappa shape index (κ2) is 3.82. The summed E-state index contributed by atoms with van der Waals surface area (Å²) in [6.45, 7) is 3.05. The van der Waals surface area contributed by atoms with Crippen molar-refractivity contribution in [2.45, 2.75) is 13.3 Å². The van der Waals surface area contributed by atoms with Gasteiger partial charge in [-0.05, 0) is 18.6 Å². The summed E-state index contributed by atoms with van der Waals surface area (Å²) in [5, 5.41) is 10.5. The van der Waals surface area contributed by atoms with Gasteiger partial charge in [-0.2, -0.15) is 0 Å². The summed E-state index contributed by atoms with van der Waals surface area (Å²) < 4.78 is 0. The molecule has 0 amide bonds. The third kappa shape index (κ3) is 2.01. The Labute approximate surface area is 60.5 Å². The van der Waals surface area contributed by atoms with E-state index in [1.165, 1.54) is 0 Å². The molecule has 0 aliphatic carbocycles. The van der Waals surface area contributed by atoms with Crippen LogP contribution in [0.5, 0.6) is 0 Å². The molecule has 0 aliphatic rings. The molecule has 1 aromatic rings. The van der Waals surface area contributed by atoms with Crippen molar-refractivity contribution in [2.24, 2.45) is 0 Å². The lowest BCUT2D eigenvalue weighted by molar-refractivity contribution is 0.941. The zero-order chi connectivity index (χ0) is 7.23. The van der Waals surface area contributed by atoms with Gasteiger partial charge in [0.25, 0.3) is 0 Å². The molecule has 0 atom stereocenters. The van der Waals surface area contributed by atoms with Crippen molar-refractivity contribution >= 4 is 5.82 Å². The van der Waals surface area contributed by atoms with Crippen molar-refractivity contribution in [3.8, 4) is 0 Å². The normalized spacial score (nSPS) is 9.30. The largest absolute Gasteiger partial charge is 0.369 e. The van der Waals surface area contributed by atoms with Crippen LogP contribution in [0.25, 0.3) is 0 Å². The van der Waals surface area contributed by atoms with Crippen molar-refractivity contribution in [1.29, 1.82) is 0 Å². The molecule has 3 heteroatoms. The fourth-order valence-electron chi connectivity index (χ4n) is 0.613. The third-order valence-corrected chi connectivity index (χ3v) is 1.09. The van der Waals surface area contributed by atoms with Gasteiger partial charge in [0.1, 0.15) is 12.0 Å². The van der Waals surface area contributed by atoms with E-state index in [0.717, 1.165) is 18.8 Å². The molecule has 1 rings (SSSR count). The Kier molecular flexibility index (Phi) is 2.67. The maximum atomic E-state index is 3.80. The molecule has 0 bridgehead atoms. The zero-order valence-corrected chi connectivity index (χ0v) is 5.96. The Morgan fingerprint density at radius 3 is 3.20 bits per heavy atom. The van der Waals surface area contributed by atoms with E-state index in [9.17, 15) is 0 Å². The number of hydrogen-bond acceptors (Lipinski definition) is 3. The van der Waals surface area contributed by atoms with Crippen LogP contribution in [0.4, 0.5) is 5.82 Å². The molecule has 0 aromatic carbocycles. The summed E-state index contributed by atoms with van der Waals surface area (Å²) >= 11 is 0. The van der Waals surface area contributed by atoms with Crippen LogP contribution in [0, 0.1) is 6.20 Å². The average Bonchev–Trinajstić information content (AvgIpc) is 2.03. The monoisotopic (exact) mass is 136 g/mol. The van der Waals surface area contributed by atoms with E-state index < -0.39 is 0 Å². The molecule has 1 aromatic heterocycles. The van der Waals surface area contributed by atoms with Crippen LogP contribution < -0.4 is 5.32 Å². The quantitative estimate of drug-likeness (QED) is 0.676. The number of hydrogen-bond donors (Lipinski definition) is 1. The minimum Gasteiger partial charge on any atom is -0.369 e. The average molecular weight is 136 g/mol. The van der Waals surface area contributed by atoms with Gasteiger partial charge in [-0.25, -0.2) is 0 Å². The summed E-state index contributed by atoms with van der Waals surface area (Å²) in [5.41, 5.74) is 0. The highest BCUT2D eigenvalue weighted by atomic mass is 15.2. The highest BCUT2D eigenvalue weighted by Crippen LogP contribution is 1.96. The second-order valence-electron chi connectivity index (χ2n) is 1.97. The van der Waals surface area contributed by atoms with Crippen molar-refractivity contribution in [3.05, 3.63) is 18.3 Å². The lowest BCUT2D eigenvalue weighted by atomic mass is 10.4. The van der Waals surface area contributed by atoms with Gasteiger partial charge in [0.05, 0.1) is 0 Å². The van der Waals surface area contributed by atoms with E-state index in [2.05, 4.69) is 28.6 Å². The fourth-order valence-corrected chi connectivity index (χ4v) is 0.613. The van der Waals surface area contributed by atoms with E-state index >= 15 is 0 Å². The Bertz CT molecular complexity index is 173. The number of aromatic nitrogens is 2. The van der Waals surface area contributed by atoms with Crippen LogP contribution in [0.2, 0.25) is 0 Å². The molecule has 3 nitrogen and oxygen atoms in total. The van der Waals surface area contributed by atoms with Gasteiger partial charge in [0.15, 0.2) is 0 Å². The van der Waals surface area contributed by atoms with Crippen LogP contribution in [0.1, 0.15) is 13.3 Å². The van der Waals surface area contributed by atoms with Gasteiger partial charge in [-0.15, -0.1) is 10.2 Å². The first-order valence-corrected chi connectivity index (χ1v) is 3.37.